The van der Waals surface area contributed by atoms with Gasteiger partial charge in [-0.05, 0) is 37.3 Å². The summed E-state index contributed by atoms with van der Waals surface area (Å²) >= 11 is 0. The van der Waals surface area contributed by atoms with Gasteiger partial charge in [-0.3, -0.25) is 4.79 Å². The van der Waals surface area contributed by atoms with Crippen LogP contribution >= 0.6 is 0 Å². The molecule has 3 heteroatoms. The van der Waals surface area contributed by atoms with Gasteiger partial charge in [0.2, 0.25) is 5.91 Å². The molecule has 1 saturated heterocycles. The summed E-state index contributed by atoms with van der Waals surface area (Å²) in [5.74, 6) is 0.982. The molecule has 0 radical (unpaired) electrons. The van der Waals surface area contributed by atoms with E-state index < -0.39 is 0 Å². The molecule has 2 unspecified atom stereocenters. The Bertz CT molecular complexity index is 472. The average molecular weight is 258 g/mol. The Morgan fingerprint density at radius 2 is 2.05 bits per heavy atom. The van der Waals surface area contributed by atoms with Crippen molar-refractivity contribution in [3.8, 4) is 0 Å². The molecule has 1 saturated carbocycles. The number of carbonyl (C=O) groups is 1. The lowest BCUT2D eigenvalue weighted by molar-refractivity contribution is -0.117. The van der Waals surface area contributed by atoms with Crippen LogP contribution in [-0.2, 0) is 4.79 Å². The van der Waals surface area contributed by atoms with Crippen LogP contribution in [0, 0.1) is 5.92 Å². The van der Waals surface area contributed by atoms with Gasteiger partial charge < -0.3 is 10.2 Å². The molecule has 1 heterocycles. The average Bonchev–Trinajstić information content (AvgIpc) is 3.00. The molecule has 1 aliphatic carbocycles. The van der Waals surface area contributed by atoms with Crippen molar-refractivity contribution in [1.29, 1.82) is 0 Å². The second-order valence-corrected chi connectivity index (χ2v) is 5.83. The Labute approximate surface area is 115 Å². The van der Waals surface area contributed by atoms with Crippen LogP contribution in [0.15, 0.2) is 24.3 Å². The summed E-state index contributed by atoms with van der Waals surface area (Å²) in [5, 5.41) is 3.66. The minimum Gasteiger partial charge on any atom is -0.380 e. The van der Waals surface area contributed by atoms with Crippen LogP contribution in [0.25, 0.3) is 0 Å². The molecule has 3 nitrogen and oxygen atoms in total. The third-order valence-corrected chi connectivity index (χ3v) is 4.47. The molecule has 2 atom stereocenters. The minimum atomic E-state index is 0.258. The fraction of sp³-hybridized carbons (Fsp3) is 0.562. The van der Waals surface area contributed by atoms with Crippen molar-refractivity contribution in [2.24, 2.45) is 5.92 Å². The predicted octanol–water partition coefficient (Wildman–Crippen LogP) is 3.41. The van der Waals surface area contributed by atoms with Gasteiger partial charge in [-0.15, -0.1) is 0 Å². The highest BCUT2D eigenvalue weighted by molar-refractivity contribution is 5.98. The van der Waals surface area contributed by atoms with Crippen molar-refractivity contribution in [3.63, 3.8) is 0 Å². The van der Waals surface area contributed by atoms with Gasteiger partial charge in [0, 0.05) is 19.0 Å². The fourth-order valence-corrected chi connectivity index (χ4v) is 3.29. The summed E-state index contributed by atoms with van der Waals surface area (Å²) in [7, 11) is 0. The minimum absolute atomic E-state index is 0.258. The molecule has 1 aliphatic heterocycles. The molecule has 1 N–H and O–H groups in total. The molecule has 19 heavy (non-hydrogen) atoms. The zero-order valence-electron chi connectivity index (χ0n) is 11.6. The number of amides is 1. The first-order valence-electron chi connectivity index (χ1n) is 7.41. The molecule has 0 bridgehead atoms. The van der Waals surface area contributed by atoms with E-state index >= 15 is 0 Å². The lowest BCUT2D eigenvalue weighted by Gasteiger charge is -2.24. The highest BCUT2D eigenvalue weighted by atomic mass is 16.2. The van der Waals surface area contributed by atoms with Crippen molar-refractivity contribution in [1.82, 2.24) is 0 Å². The maximum Gasteiger partial charge on any atom is 0.227 e. The first kappa shape index (κ1) is 12.5. The Morgan fingerprint density at radius 3 is 2.74 bits per heavy atom. The highest BCUT2D eigenvalue weighted by Crippen LogP contribution is 2.33. The summed E-state index contributed by atoms with van der Waals surface area (Å²) in [4.78, 5) is 13.9. The maximum atomic E-state index is 11.9. The van der Waals surface area contributed by atoms with Crippen LogP contribution in [-0.4, -0.2) is 18.5 Å². The maximum absolute atomic E-state index is 11.9. The van der Waals surface area contributed by atoms with Gasteiger partial charge in [0.1, 0.15) is 0 Å². The van der Waals surface area contributed by atoms with E-state index in [-0.39, 0.29) is 5.91 Å². The molecule has 0 aromatic heterocycles. The van der Waals surface area contributed by atoms with Crippen molar-refractivity contribution >= 4 is 17.3 Å². The number of benzene rings is 1. The van der Waals surface area contributed by atoms with E-state index in [1.807, 2.05) is 17.0 Å². The molecule has 1 aromatic carbocycles. The standard InChI is InChI=1S/C16H22N2O/c1-12-6-4-8-13(12)17-14-7-2-3-9-15(14)18-11-5-10-16(18)19/h2-3,7,9,12-13,17H,4-6,8,10-11H2,1H3. The number of nitrogens with zero attached hydrogens (tertiary/aromatic N) is 1. The van der Waals surface area contributed by atoms with E-state index in [0.717, 1.165) is 30.3 Å². The number of hydrogen-bond donors (Lipinski definition) is 1. The van der Waals surface area contributed by atoms with Crippen molar-refractivity contribution < 1.29 is 4.79 Å². The first-order chi connectivity index (χ1) is 9.25. The van der Waals surface area contributed by atoms with Crippen LogP contribution < -0.4 is 10.2 Å². The Morgan fingerprint density at radius 1 is 1.21 bits per heavy atom. The largest absolute Gasteiger partial charge is 0.380 e. The van der Waals surface area contributed by atoms with Gasteiger partial charge in [-0.1, -0.05) is 25.5 Å². The third kappa shape index (κ3) is 2.46. The Hall–Kier alpha value is -1.51. The number of para-hydroxylation sites is 2. The lowest BCUT2D eigenvalue weighted by Crippen LogP contribution is -2.27. The molecular formula is C16H22N2O. The van der Waals surface area contributed by atoms with Crippen molar-refractivity contribution in [3.05, 3.63) is 24.3 Å². The third-order valence-electron chi connectivity index (χ3n) is 4.47. The smallest absolute Gasteiger partial charge is 0.227 e. The van der Waals surface area contributed by atoms with Gasteiger partial charge in [0.05, 0.1) is 11.4 Å². The Kier molecular flexibility index (Phi) is 3.45. The van der Waals surface area contributed by atoms with Gasteiger partial charge in [0.15, 0.2) is 0 Å². The number of rotatable bonds is 3. The van der Waals surface area contributed by atoms with Gasteiger partial charge >= 0.3 is 0 Å². The normalized spacial score (nSPS) is 27.0. The van der Waals surface area contributed by atoms with Crippen LogP contribution in [0.2, 0.25) is 0 Å². The molecule has 102 valence electrons. The topological polar surface area (TPSA) is 32.3 Å². The fourth-order valence-electron chi connectivity index (χ4n) is 3.29. The second-order valence-electron chi connectivity index (χ2n) is 5.83. The molecule has 2 aliphatic rings. The summed E-state index contributed by atoms with van der Waals surface area (Å²) in [6.07, 6.45) is 5.52. The van der Waals surface area contributed by atoms with Crippen LogP contribution in [0.1, 0.15) is 39.0 Å². The first-order valence-corrected chi connectivity index (χ1v) is 7.41. The lowest BCUT2D eigenvalue weighted by atomic mass is 10.1. The monoisotopic (exact) mass is 258 g/mol. The molecule has 0 spiro atoms. The number of hydrogen-bond acceptors (Lipinski definition) is 2. The van der Waals surface area contributed by atoms with Gasteiger partial charge in [-0.2, -0.15) is 0 Å². The highest BCUT2D eigenvalue weighted by Gasteiger charge is 2.27. The second kappa shape index (κ2) is 5.24. The quantitative estimate of drug-likeness (QED) is 0.901. The van der Waals surface area contributed by atoms with Gasteiger partial charge in [-0.25, -0.2) is 0 Å². The number of nitrogens with one attached hydrogen (secondary N) is 1. The van der Waals surface area contributed by atoms with E-state index in [1.165, 1.54) is 19.3 Å². The summed E-state index contributed by atoms with van der Waals surface area (Å²) in [5.41, 5.74) is 2.18. The molecular weight excluding hydrogens is 236 g/mol. The zero-order chi connectivity index (χ0) is 13.2. The van der Waals surface area contributed by atoms with Gasteiger partial charge in [0.25, 0.3) is 0 Å². The van der Waals surface area contributed by atoms with Crippen molar-refractivity contribution in [2.75, 3.05) is 16.8 Å². The van der Waals surface area contributed by atoms with Crippen LogP contribution in [0.3, 0.4) is 0 Å². The summed E-state index contributed by atoms with van der Waals surface area (Å²) in [6.45, 7) is 3.17. The zero-order valence-corrected chi connectivity index (χ0v) is 11.6. The number of anilines is 2. The molecule has 3 rings (SSSR count). The molecule has 1 aromatic rings. The molecule has 2 fully saturated rings. The predicted molar refractivity (Wildman–Crippen MR) is 78.5 cm³/mol. The van der Waals surface area contributed by atoms with Crippen LogP contribution in [0.5, 0.6) is 0 Å². The van der Waals surface area contributed by atoms with E-state index in [1.54, 1.807) is 0 Å². The van der Waals surface area contributed by atoms with E-state index in [4.69, 9.17) is 0 Å². The SMILES string of the molecule is CC1CCCC1Nc1ccccc1N1CCCC1=O. The van der Waals surface area contributed by atoms with E-state index in [9.17, 15) is 4.79 Å². The summed E-state index contributed by atoms with van der Waals surface area (Å²) < 4.78 is 0. The molecule has 1 amide bonds. The van der Waals surface area contributed by atoms with E-state index in [2.05, 4.69) is 24.4 Å². The van der Waals surface area contributed by atoms with Crippen LogP contribution in [0.4, 0.5) is 11.4 Å². The summed E-state index contributed by atoms with van der Waals surface area (Å²) in [6, 6.07) is 8.78. The Balaban J connectivity index is 1.83. The number of carbonyl (C=O) groups excluding carboxylic acids is 1. The van der Waals surface area contributed by atoms with E-state index in [0.29, 0.717) is 12.5 Å². The van der Waals surface area contributed by atoms with Crippen molar-refractivity contribution in [2.45, 2.75) is 45.1 Å².